The summed E-state index contributed by atoms with van der Waals surface area (Å²) in [4.78, 5) is 20.2. The number of rotatable bonds is 8. The van der Waals surface area contributed by atoms with Crippen LogP contribution in [0.4, 0.5) is 6.01 Å². The van der Waals surface area contributed by atoms with Crippen LogP contribution >= 0.6 is 11.6 Å². The molecule has 9 nitrogen and oxygen atoms in total. The van der Waals surface area contributed by atoms with E-state index >= 15 is 0 Å². The third kappa shape index (κ3) is 4.78. The van der Waals surface area contributed by atoms with Gasteiger partial charge in [-0.25, -0.2) is 0 Å². The number of ether oxygens (including phenoxy) is 3. The van der Waals surface area contributed by atoms with Gasteiger partial charge in [-0.15, -0.1) is 0 Å². The molecule has 0 aliphatic carbocycles. The Hall–Kier alpha value is -3.98. The number of nitrogens with zero attached hydrogens (tertiary/aromatic N) is 2. The van der Waals surface area contributed by atoms with Crippen molar-refractivity contribution in [1.82, 2.24) is 15.3 Å². The van der Waals surface area contributed by atoms with Gasteiger partial charge in [0.15, 0.2) is 17.1 Å². The van der Waals surface area contributed by atoms with E-state index in [4.69, 9.17) is 30.2 Å². The molecule has 0 atom stereocenters. The van der Waals surface area contributed by atoms with Crippen molar-refractivity contribution in [3.8, 4) is 23.0 Å². The number of anilines is 1. The summed E-state index contributed by atoms with van der Waals surface area (Å²) in [7, 11) is 4.63. The molecule has 2 N–H and O–H groups in total. The highest BCUT2D eigenvalue weighted by molar-refractivity contribution is 6.33. The fourth-order valence-electron chi connectivity index (χ4n) is 3.14. The number of nitrogens with one attached hydrogen (secondary N) is 2. The van der Waals surface area contributed by atoms with Crippen LogP contribution in [0.15, 0.2) is 53.1 Å². The SMILES string of the molecule is CNC(=O)c1cc(Oc2ccc3nc(NCc4ccc(OC)c(OC)c4Cl)oc3c2)ccn1. The van der Waals surface area contributed by atoms with Gasteiger partial charge < -0.3 is 29.3 Å². The van der Waals surface area contributed by atoms with E-state index in [-0.39, 0.29) is 11.6 Å². The molecule has 0 radical (unpaired) electrons. The van der Waals surface area contributed by atoms with E-state index < -0.39 is 0 Å². The zero-order valence-electron chi connectivity index (χ0n) is 18.1. The predicted molar refractivity (Wildman–Crippen MR) is 124 cm³/mol. The lowest BCUT2D eigenvalue weighted by molar-refractivity contribution is 0.0958. The molecule has 10 heteroatoms. The topological polar surface area (TPSA) is 108 Å². The number of oxazole rings is 1. The highest BCUT2D eigenvalue weighted by Gasteiger charge is 2.14. The molecule has 0 bridgehead atoms. The van der Waals surface area contributed by atoms with Gasteiger partial charge in [0.05, 0.1) is 19.2 Å². The molecule has 4 aromatic rings. The number of fused-ring (bicyclic) bond motifs is 1. The molecule has 0 aliphatic rings. The molecule has 2 aromatic heterocycles. The zero-order valence-corrected chi connectivity index (χ0v) is 18.9. The average molecular weight is 469 g/mol. The number of benzene rings is 2. The molecule has 1 amide bonds. The summed E-state index contributed by atoms with van der Waals surface area (Å²) in [5, 5.41) is 6.10. The normalized spacial score (nSPS) is 10.7. The molecule has 0 spiro atoms. The second kappa shape index (κ2) is 9.66. The third-order valence-corrected chi connectivity index (χ3v) is 5.20. The summed E-state index contributed by atoms with van der Waals surface area (Å²) in [6, 6.07) is 12.4. The van der Waals surface area contributed by atoms with Crippen LogP contribution in [0.3, 0.4) is 0 Å². The lowest BCUT2D eigenvalue weighted by Gasteiger charge is -2.12. The molecule has 33 heavy (non-hydrogen) atoms. The highest BCUT2D eigenvalue weighted by Crippen LogP contribution is 2.37. The first-order chi connectivity index (χ1) is 16.0. The minimum atomic E-state index is -0.295. The summed E-state index contributed by atoms with van der Waals surface area (Å²) < 4.78 is 22.3. The molecule has 4 rings (SSSR count). The molecule has 0 aliphatic heterocycles. The van der Waals surface area contributed by atoms with E-state index in [0.717, 1.165) is 5.56 Å². The van der Waals surface area contributed by atoms with Crippen LogP contribution in [0.25, 0.3) is 11.1 Å². The Morgan fingerprint density at radius 1 is 1.09 bits per heavy atom. The van der Waals surface area contributed by atoms with Gasteiger partial charge in [0.1, 0.15) is 22.7 Å². The second-order valence-corrected chi connectivity index (χ2v) is 7.21. The lowest BCUT2D eigenvalue weighted by Crippen LogP contribution is -2.18. The Morgan fingerprint density at radius 3 is 2.67 bits per heavy atom. The van der Waals surface area contributed by atoms with Crippen LogP contribution in [-0.2, 0) is 6.54 Å². The van der Waals surface area contributed by atoms with E-state index in [1.54, 1.807) is 50.6 Å². The average Bonchev–Trinajstić information content (AvgIpc) is 3.24. The maximum Gasteiger partial charge on any atom is 0.295 e. The van der Waals surface area contributed by atoms with Crippen LogP contribution in [0.5, 0.6) is 23.0 Å². The van der Waals surface area contributed by atoms with Gasteiger partial charge >= 0.3 is 0 Å². The Kier molecular flexibility index (Phi) is 6.50. The molecular weight excluding hydrogens is 448 g/mol. The molecular formula is C23H21ClN4O5. The molecule has 2 aromatic carbocycles. The van der Waals surface area contributed by atoms with E-state index in [1.165, 1.54) is 13.3 Å². The fourth-order valence-corrected chi connectivity index (χ4v) is 3.44. The van der Waals surface area contributed by atoms with Gasteiger partial charge in [0.25, 0.3) is 11.9 Å². The van der Waals surface area contributed by atoms with Crippen LogP contribution in [-0.4, -0.2) is 37.1 Å². The standard InChI is InChI=1S/C23H21ClN4O5/c1-25-22(29)17-10-15(8-9-26-17)32-14-5-6-16-19(11-14)33-23(28-16)27-12-13-4-7-18(30-2)21(31-3)20(13)24/h4-11H,12H2,1-3H3,(H,25,29)(H,27,28). The summed E-state index contributed by atoms with van der Waals surface area (Å²) in [6.45, 7) is 0.370. The number of halogens is 1. The first-order valence-corrected chi connectivity index (χ1v) is 10.3. The van der Waals surface area contributed by atoms with Crippen LogP contribution in [0.2, 0.25) is 5.02 Å². The first kappa shape index (κ1) is 22.2. The van der Waals surface area contributed by atoms with Gasteiger partial charge in [-0.3, -0.25) is 9.78 Å². The first-order valence-electron chi connectivity index (χ1n) is 9.92. The summed E-state index contributed by atoms with van der Waals surface area (Å²) in [6.07, 6.45) is 1.51. The van der Waals surface area contributed by atoms with E-state index in [0.29, 0.717) is 51.7 Å². The molecule has 0 fully saturated rings. The quantitative estimate of drug-likeness (QED) is 0.384. The largest absolute Gasteiger partial charge is 0.493 e. The number of hydrogen-bond donors (Lipinski definition) is 2. The van der Waals surface area contributed by atoms with E-state index in [2.05, 4.69) is 20.6 Å². The highest BCUT2D eigenvalue weighted by atomic mass is 35.5. The summed E-state index contributed by atoms with van der Waals surface area (Å²) in [5.41, 5.74) is 2.25. The van der Waals surface area contributed by atoms with Crippen molar-refractivity contribution in [1.29, 1.82) is 0 Å². The predicted octanol–water partition coefficient (Wildman–Crippen LogP) is 4.66. The number of carbonyl (C=O) groups is 1. The minimum Gasteiger partial charge on any atom is -0.493 e. The zero-order chi connectivity index (χ0) is 23.4. The molecule has 170 valence electrons. The number of carbonyl (C=O) groups excluding carboxylic acids is 1. The van der Waals surface area contributed by atoms with E-state index in [1.807, 2.05) is 6.07 Å². The third-order valence-electron chi connectivity index (χ3n) is 4.78. The van der Waals surface area contributed by atoms with Crippen LogP contribution in [0.1, 0.15) is 16.1 Å². The smallest absolute Gasteiger partial charge is 0.295 e. The van der Waals surface area contributed by atoms with Crippen molar-refractivity contribution >= 4 is 34.6 Å². The Morgan fingerprint density at radius 2 is 1.91 bits per heavy atom. The van der Waals surface area contributed by atoms with Crippen LogP contribution in [0, 0.1) is 0 Å². The van der Waals surface area contributed by atoms with Crippen LogP contribution < -0.4 is 24.8 Å². The van der Waals surface area contributed by atoms with Gasteiger partial charge in [0, 0.05) is 31.9 Å². The number of pyridine rings is 1. The maximum absolute atomic E-state index is 11.8. The lowest BCUT2D eigenvalue weighted by atomic mass is 10.2. The van der Waals surface area contributed by atoms with Gasteiger partial charge in [0.2, 0.25) is 0 Å². The fraction of sp³-hybridized carbons (Fsp3) is 0.174. The number of aromatic nitrogens is 2. The minimum absolute atomic E-state index is 0.260. The van der Waals surface area contributed by atoms with Crippen molar-refractivity contribution in [3.05, 3.63) is 64.9 Å². The Bertz CT molecular complexity index is 1310. The number of amides is 1. The van der Waals surface area contributed by atoms with Crippen molar-refractivity contribution in [2.75, 3.05) is 26.6 Å². The Labute approximate surface area is 194 Å². The van der Waals surface area contributed by atoms with Crippen molar-refractivity contribution in [3.63, 3.8) is 0 Å². The van der Waals surface area contributed by atoms with E-state index in [9.17, 15) is 4.79 Å². The van der Waals surface area contributed by atoms with Crippen molar-refractivity contribution in [2.45, 2.75) is 6.54 Å². The van der Waals surface area contributed by atoms with Crippen molar-refractivity contribution in [2.24, 2.45) is 0 Å². The maximum atomic E-state index is 11.8. The monoisotopic (exact) mass is 468 g/mol. The molecule has 0 unspecified atom stereocenters. The molecule has 2 heterocycles. The Balaban J connectivity index is 1.49. The molecule has 0 saturated carbocycles. The van der Waals surface area contributed by atoms with Crippen molar-refractivity contribution < 1.29 is 23.4 Å². The van der Waals surface area contributed by atoms with Gasteiger partial charge in [-0.2, -0.15) is 4.98 Å². The van der Waals surface area contributed by atoms with Gasteiger partial charge in [-0.05, 0) is 29.8 Å². The van der Waals surface area contributed by atoms with Gasteiger partial charge in [-0.1, -0.05) is 17.7 Å². The number of methoxy groups -OCH3 is 2. The number of hydrogen-bond acceptors (Lipinski definition) is 8. The summed E-state index contributed by atoms with van der Waals surface area (Å²) in [5.74, 6) is 1.73. The second-order valence-electron chi connectivity index (χ2n) is 6.83. The molecule has 0 saturated heterocycles. The summed E-state index contributed by atoms with van der Waals surface area (Å²) >= 11 is 6.43.